The molecule has 0 aromatic heterocycles. The highest BCUT2D eigenvalue weighted by molar-refractivity contribution is 6.47. The van der Waals surface area contributed by atoms with Crippen LogP contribution in [0.5, 0.6) is 0 Å². The highest BCUT2D eigenvalue weighted by Crippen LogP contribution is 1.99. The second-order valence-electron chi connectivity index (χ2n) is 2.19. The van der Waals surface area contributed by atoms with Gasteiger partial charge in [-0.25, -0.2) is 0 Å². The van der Waals surface area contributed by atoms with Crippen molar-refractivity contribution in [2.75, 3.05) is 20.1 Å². The van der Waals surface area contributed by atoms with Crippen molar-refractivity contribution in [3.8, 4) is 6.07 Å². The van der Waals surface area contributed by atoms with Crippen LogP contribution in [0.4, 0.5) is 0 Å². The molecule has 0 spiro atoms. The van der Waals surface area contributed by atoms with Gasteiger partial charge in [0.2, 0.25) is 5.71 Å². The zero-order valence-electron chi connectivity index (χ0n) is 6.15. The van der Waals surface area contributed by atoms with Gasteiger partial charge in [0, 0.05) is 13.6 Å². The van der Waals surface area contributed by atoms with E-state index in [-0.39, 0.29) is 5.71 Å². The second kappa shape index (κ2) is 3.01. The summed E-state index contributed by atoms with van der Waals surface area (Å²) in [5, 5.41) is 19.6. The molecule has 0 aromatic carbocycles. The summed E-state index contributed by atoms with van der Waals surface area (Å²) >= 11 is 0. The van der Waals surface area contributed by atoms with Crippen molar-refractivity contribution < 1.29 is 5.21 Å². The average Bonchev–Trinajstić information content (AvgIpc) is 2.40. The SMILES string of the molecule is CN1CCN=C1C(C#N)=NO. The molecule has 0 unspecified atom stereocenters. The fraction of sp³-hybridized carbons (Fsp3) is 0.500. The van der Waals surface area contributed by atoms with Gasteiger partial charge in [0.25, 0.3) is 0 Å². The molecule has 1 heterocycles. The Morgan fingerprint density at radius 3 is 3.00 bits per heavy atom. The van der Waals surface area contributed by atoms with Gasteiger partial charge in [-0.2, -0.15) is 5.26 Å². The van der Waals surface area contributed by atoms with Crippen LogP contribution in [0.3, 0.4) is 0 Å². The molecule has 0 saturated carbocycles. The van der Waals surface area contributed by atoms with Gasteiger partial charge in [0.05, 0.1) is 6.54 Å². The summed E-state index contributed by atoms with van der Waals surface area (Å²) in [5.41, 5.74) is -0.0231. The fourth-order valence-corrected chi connectivity index (χ4v) is 0.905. The van der Waals surface area contributed by atoms with E-state index in [2.05, 4.69) is 10.1 Å². The van der Waals surface area contributed by atoms with Crippen molar-refractivity contribution >= 4 is 11.5 Å². The maximum absolute atomic E-state index is 8.46. The van der Waals surface area contributed by atoms with E-state index in [0.717, 1.165) is 6.54 Å². The maximum Gasteiger partial charge on any atom is 0.221 e. The van der Waals surface area contributed by atoms with Gasteiger partial charge >= 0.3 is 0 Å². The lowest BCUT2D eigenvalue weighted by molar-refractivity contribution is 0.320. The first kappa shape index (κ1) is 7.54. The Bertz CT molecular complexity index is 250. The minimum atomic E-state index is -0.0231. The van der Waals surface area contributed by atoms with E-state index >= 15 is 0 Å². The molecule has 0 atom stereocenters. The normalized spacial score (nSPS) is 18.0. The van der Waals surface area contributed by atoms with Gasteiger partial charge in [0.15, 0.2) is 5.84 Å². The van der Waals surface area contributed by atoms with Crippen molar-refractivity contribution in [2.45, 2.75) is 0 Å². The van der Waals surface area contributed by atoms with Crippen LogP contribution in [0.15, 0.2) is 10.1 Å². The number of oxime groups is 1. The molecule has 0 fully saturated rings. The molecule has 0 bridgehead atoms. The largest absolute Gasteiger partial charge is 0.410 e. The molecule has 0 aliphatic carbocycles. The minimum absolute atomic E-state index is 0.0231. The van der Waals surface area contributed by atoms with Gasteiger partial charge in [-0.3, -0.25) is 4.99 Å². The summed E-state index contributed by atoms with van der Waals surface area (Å²) in [6.45, 7) is 1.43. The first-order chi connectivity index (χ1) is 5.29. The molecule has 0 aromatic rings. The van der Waals surface area contributed by atoms with Crippen LogP contribution in [0.1, 0.15) is 0 Å². The number of hydrogen-bond acceptors (Lipinski definition) is 5. The minimum Gasteiger partial charge on any atom is -0.410 e. The van der Waals surface area contributed by atoms with Gasteiger partial charge in [-0.1, -0.05) is 5.16 Å². The van der Waals surface area contributed by atoms with Gasteiger partial charge < -0.3 is 10.1 Å². The molecule has 5 nitrogen and oxygen atoms in total. The second-order valence-corrected chi connectivity index (χ2v) is 2.19. The van der Waals surface area contributed by atoms with Crippen LogP contribution in [-0.2, 0) is 0 Å². The number of amidine groups is 1. The van der Waals surface area contributed by atoms with Crippen LogP contribution in [0.25, 0.3) is 0 Å². The lowest BCUT2D eigenvalue weighted by Gasteiger charge is -2.09. The standard InChI is InChI=1S/C6H8N4O/c1-10-3-2-8-6(10)5(4-7)9-11/h11H,2-3H2,1H3. The van der Waals surface area contributed by atoms with Crippen LogP contribution < -0.4 is 0 Å². The number of hydrogen-bond donors (Lipinski definition) is 1. The molecule has 0 saturated heterocycles. The first-order valence-electron chi connectivity index (χ1n) is 3.17. The third kappa shape index (κ3) is 1.29. The topological polar surface area (TPSA) is 72.0 Å². The van der Waals surface area contributed by atoms with Gasteiger partial charge in [-0.15, -0.1) is 0 Å². The lowest BCUT2D eigenvalue weighted by Crippen LogP contribution is -2.29. The Labute approximate surface area is 64.2 Å². The number of aliphatic imine (C=N–C) groups is 1. The average molecular weight is 152 g/mol. The third-order valence-electron chi connectivity index (χ3n) is 1.48. The van der Waals surface area contributed by atoms with Crippen LogP contribution in [0, 0.1) is 11.3 Å². The predicted molar refractivity (Wildman–Crippen MR) is 39.8 cm³/mol. The van der Waals surface area contributed by atoms with E-state index in [1.807, 2.05) is 0 Å². The molecule has 1 N–H and O–H groups in total. The highest BCUT2D eigenvalue weighted by atomic mass is 16.4. The van der Waals surface area contributed by atoms with Gasteiger partial charge in [-0.05, 0) is 0 Å². The molecule has 5 heteroatoms. The number of likely N-dealkylation sites (N-methyl/N-ethyl adjacent to an activating group) is 1. The predicted octanol–water partition coefficient (Wildman–Crippen LogP) is -0.316. The zero-order chi connectivity index (χ0) is 8.27. The third-order valence-corrected chi connectivity index (χ3v) is 1.48. The van der Waals surface area contributed by atoms with E-state index in [1.165, 1.54) is 0 Å². The zero-order valence-corrected chi connectivity index (χ0v) is 6.15. The van der Waals surface area contributed by atoms with E-state index in [0.29, 0.717) is 12.4 Å². The van der Waals surface area contributed by atoms with Crippen molar-refractivity contribution in [1.82, 2.24) is 4.90 Å². The summed E-state index contributed by atoms with van der Waals surface area (Å²) in [6.07, 6.45) is 0. The first-order valence-corrected chi connectivity index (χ1v) is 3.17. The molecule has 1 aliphatic rings. The lowest BCUT2D eigenvalue weighted by atomic mass is 10.3. The van der Waals surface area contributed by atoms with Crippen molar-refractivity contribution in [2.24, 2.45) is 10.1 Å². The molecule has 1 rings (SSSR count). The Balaban J connectivity index is 2.83. The monoisotopic (exact) mass is 152 g/mol. The Kier molecular flexibility index (Phi) is 2.06. The van der Waals surface area contributed by atoms with Crippen LogP contribution in [0.2, 0.25) is 0 Å². The molecule has 0 amide bonds. The highest BCUT2D eigenvalue weighted by Gasteiger charge is 2.18. The van der Waals surface area contributed by atoms with E-state index < -0.39 is 0 Å². The van der Waals surface area contributed by atoms with Crippen molar-refractivity contribution in [3.63, 3.8) is 0 Å². The molecular weight excluding hydrogens is 144 g/mol. The van der Waals surface area contributed by atoms with Crippen molar-refractivity contribution in [1.29, 1.82) is 5.26 Å². The van der Waals surface area contributed by atoms with Crippen molar-refractivity contribution in [3.05, 3.63) is 0 Å². The molecule has 11 heavy (non-hydrogen) atoms. The molecule has 1 aliphatic heterocycles. The fourth-order valence-electron chi connectivity index (χ4n) is 0.905. The smallest absolute Gasteiger partial charge is 0.221 e. The summed E-state index contributed by atoms with van der Waals surface area (Å²) in [6, 6.07) is 1.75. The molecule has 0 radical (unpaired) electrons. The summed E-state index contributed by atoms with van der Waals surface area (Å²) in [7, 11) is 1.80. The maximum atomic E-state index is 8.46. The summed E-state index contributed by atoms with van der Waals surface area (Å²) < 4.78 is 0. The summed E-state index contributed by atoms with van der Waals surface area (Å²) in [5.74, 6) is 0.468. The van der Waals surface area contributed by atoms with E-state index in [9.17, 15) is 0 Å². The Hall–Kier alpha value is -1.57. The quantitative estimate of drug-likeness (QED) is 0.318. The molecule has 58 valence electrons. The molecular formula is C6H8N4O. The van der Waals surface area contributed by atoms with Gasteiger partial charge in [0.1, 0.15) is 6.07 Å². The number of nitriles is 1. The Morgan fingerprint density at radius 2 is 2.64 bits per heavy atom. The van der Waals surface area contributed by atoms with E-state index in [4.69, 9.17) is 10.5 Å². The summed E-state index contributed by atoms with van der Waals surface area (Å²) in [4.78, 5) is 5.76. The van der Waals surface area contributed by atoms with Crippen LogP contribution >= 0.6 is 0 Å². The van der Waals surface area contributed by atoms with E-state index in [1.54, 1.807) is 18.0 Å². The Morgan fingerprint density at radius 1 is 1.91 bits per heavy atom. The number of rotatable bonds is 1. The number of nitrogens with zero attached hydrogens (tertiary/aromatic N) is 4. The van der Waals surface area contributed by atoms with Crippen LogP contribution in [-0.4, -0.2) is 41.8 Å².